The molecule has 162 valence electrons. The summed E-state index contributed by atoms with van der Waals surface area (Å²) >= 11 is 7.23. The molecule has 0 amide bonds. The third kappa shape index (κ3) is 5.66. The molecule has 7 heteroatoms. The Morgan fingerprint density at radius 2 is 1.90 bits per heavy atom. The van der Waals surface area contributed by atoms with E-state index in [0.29, 0.717) is 23.9 Å². The fourth-order valence-corrected chi connectivity index (χ4v) is 4.01. The van der Waals surface area contributed by atoms with Crippen LogP contribution >= 0.6 is 22.9 Å². The van der Waals surface area contributed by atoms with Gasteiger partial charge in [-0.2, -0.15) is 0 Å². The van der Waals surface area contributed by atoms with Crippen LogP contribution in [0.1, 0.15) is 20.3 Å². The van der Waals surface area contributed by atoms with Gasteiger partial charge >= 0.3 is 0 Å². The number of nitrogens with zero attached hydrogens (tertiary/aromatic N) is 1. The number of ether oxygens (including phenoxy) is 2. The second-order valence-electron chi connectivity index (χ2n) is 6.34. The van der Waals surface area contributed by atoms with Gasteiger partial charge in [0.15, 0.2) is 11.6 Å². The Hall–Kier alpha value is -2.83. The number of halogens is 2. The van der Waals surface area contributed by atoms with E-state index in [4.69, 9.17) is 26.8 Å². The normalized spacial score (nSPS) is 10.5. The van der Waals surface area contributed by atoms with Crippen molar-refractivity contribution in [1.82, 2.24) is 4.98 Å². The SMILES string of the molecule is CC.Nc1ccc(Oc2ccnc3cc(-c4cccc(OCCCCl)c4)sc23)c(F)c1. The standard InChI is InChI=1S/C22H18ClFN2O2S.C2H6/c23-8-2-10-27-16-4-1-3-14(11-16)21-13-18-22(29-21)20(7-9-26-18)28-19-6-5-15(25)12-17(19)24;1-2/h1,3-7,9,11-13H,2,8,10,25H2;1-2H3. The lowest BCUT2D eigenvalue weighted by Gasteiger charge is -2.08. The van der Waals surface area contributed by atoms with E-state index in [-0.39, 0.29) is 5.75 Å². The molecule has 0 aliphatic carbocycles. The molecule has 4 nitrogen and oxygen atoms in total. The average Bonchev–Trinajstić information content (AvgIpc) is 3.23. The third-order valence-electron chi connectivity index (χ3n) is 4.22. The number of alkyl halides is 1. The second-order valence-corrected chi connectivity index (χ2v) is 7.78. The average molecular weight is 459 g/mol. The second kappa shape index (κ2) is 11.0. The number of rotatable bonds is 7. The quantitative estimate of drug-likeness (QED) is 0.177. The fraction of sp³-hybridized carbons (Fsp3) is 0.208. The molecule has 0 saturated carbocycles. The van der Waals surface area contributed by atoms with Gasteiger partial charge in [-0.15, -0.1) is 22.9 Å². The number of hydrogen-bond acceptors (Lipinski definition) is 5. The van der Waals surface area contributed by atoms with E-state index >= 15 is 0 Å². The number of aromatic nitrogens is 1. The summed E-state index contributed by atoms with van der Waals surface area (Å²) in [5.41, 5.74) is 7.76. The van der Waals surface area contributed by atoms with Crippen molar-refractivity contribution in [2.24, 2.45) is 0 Å². The lowest BCUT2D eigenvalue weighted by atomic mass is 10.2. The summed E-state index contributed by atoms with van der Waals surface area (Å²) in [6.07, 6.45) is 2.44. The highest BCUT2D eigenvalue weighted by molar-refractivity contribution is 7.22. The molecule has 2 aromatic carbocycles. The molecule has 4 rings (SSSR count). The zero-order chi connectivity index (χ0) is 22.2. The zero-order valence-electron chi connectivity index (χ0n) is 17.4. The van der Waals surface area contributed by atoms with Crippen LogP contribution in [-0.2, 0) is 0 Å². The Labute approximate surface area is 190 Å². The summed E-state index contributed by atoms with van der Waals surface area (Å²) in [4.78, 5) is 5.44. The van der Waals surface area contributed by atoms with Crippen molar-refractivity contribution < 1.29 is 13.9 Å². The molecular formula is C24H24ClFN2O2S. The minimum absolute atomic E-state index is 0.122. The summed E-state index contributed by atoms with van der Waals surface area (Å²) in [5, 5.41) is 0. The minimum atomic E-state index is -0.506. The maximum absolute atomic E-state index is 14.1. The van der Waals surface area contributed by atoms with Gasteiger partial charge in [0.05, 0.1) is 16.8 Å². The monoisotopic (exact) mass is 458 g/mol. The van der Waals surface area contributed by atoms with Crippen LogP contribution in [0.4, 0.5) is 10.1 Å². The molecule has 0 spiro atoms. The predicted molar refractivity (Wildman–Crippen MR) is 128 cm³/mol. The number of hydrogen-bond donors (Lipinski definition) is 1. The topological polar surface area (TPSA) is 57.4 Å². The third-order valence-corrected chi connectivity index (χ3v) is 5.67. The van der Waals surface area contributed by atoms with Gasteiger partial charge in [0.2, 0.25) is 0 Å². The highest BCUT2D eigenvalue weighted by Crippen LogP contribution is 2.40. The van der Waals surface area contributed by atoms with E-state index in [2.05, 4.69) is 4.98 Å². The Balaban J connectivity index is 0.00000132. The first-order valence-corrected chi connectivity index (χ1v) is 11.4. The largest absolute Gasteiger partial charge is 0.494 e. The molecule has 2 aromatic heterocycles. The van der Waals surface area contributed by atoms with E-state index in [0.717, 1.165) is 32.8 Å². The van der Waals surface area contributed by atoms with E-state index < -0.39 is 5.82 Å². The molecule has 2 N–H and O–H groups in total. The van der Waals surface area contributed by atoms with Crippen LogP contribution in [-0.4, -0.2) is 17.5 Å². The van der Waals surface area contributed by atoms with Crippen LogP contribution in [0.3, 0.4) is 0 Å². The Morgan fingerprint density at radius 1 is 1.06 bits per heavy atom. The molecular weight excluding hydrogens is 435 g/mol. The van der Waals surface area contributed by atoms with Crippen molar-refractivity contribution in [2.45, 2.75) is 20.3 Å². The summed E-state index contributed by atoms with van der Waals surface area (Å²) in [7, 11) is 0. The first-order valence-electron chi connectivity index (χ1n) is 10.0. The first kappa shape index (κ1) is 22.8. The predicted octanol–water partition coefficient (Wildman–Crippen LogP) is 7.51. The zero-order valence-corrected chi connectivity index (χ0v) is 19.0. The number of fused-ring (bicyclic) bond motifs is 1. The van der Waals surface area contributed by atoms with E-state index in [1.165, 1.54) is 23.5 Å². The maximum Gasteiger partial charge on any atom is 0.167 e. The van der Waals surface area contributed by atoms with Crippen LogP contribution in [0.5, 0.6) is 17.2 Å². The van der Waals surface area contributed by atoms with Crippen molar-refractivity contribution in [2.75, 3.05) is 18.2 Å². The highest BCUT2D eigenvalue weighted by atomic mass is 35.5. The molecule has 0 bridgehead atoms. The Bertz CT molecular complexity index is 1150. The first-order chi connectivity index (χ1) is 15.1. The van der Waals surface area contributed by atoms with Crippen LogP contribution < -0.4 is 15.2 Å². The smallest absolute Gasteiger partial charge is 0.167 e. The summed E-state index contributed by atoms with van der Waals surface area (Å²) in [6.45, 7) is 4.58. The van der Waals surface area contributed by atoms with E-state index in [9.17, 15) is 4.39 Å². The number of pyridine rings is 1. The van der Waals surface area contributed by atoms with Gasteiger partial charge in [0, 0.05) is 34.8 Å². The van der Waals surface area contributed by atoms with Gasteiger partial charge < -0.3 is 15.2 Å². The molecule has 31 heavy (non-hydrogen) atoms. The van der Waals surface area contributed by atoms with Crippen LogP contribution in [0.2, 0.25) is 0 Å². The molecule has 0 aliphatic rings. The number of thiophene rings is 1. The molecule has 0 atom stereocenters. The van der Waals surface area contributed by atoms with Gasteiger partial charge in [-0.1, -0.05) is 26.0 Å². The number of nitrogens with two attached hydrogens (primary N) is 1. The van der Waals surface area contributed by atoms with Gasteiger partial charge in [-0.3, -0.25) is 4.98 Å². The van der Waals surface area contributed by atoms with Gasteiger partial charge in [0.25, 0.3) is 0 Å². The van der Waals surface area contributed by atoms with Crippen molar-refractivity contribution >= 4 is 38.8 Å². The van der Waals surface area contributed by atoms with Crippen molar-refractivity contribution in [3.05, 3.63) is 66.6 Å². The Kier molecular flexibility index (Phi) is 8.09. The fourth-order valence-electron chi connectivity index (χ4n) is 2.84. The molecule has 4 aromatic rings. The number of benzene rings is 2. The maximum atomic E-state index is 14.1. The molecule has 2 heterocycles. The lowest BCUT2D eigenvalue weighted by Crippen LogP contribution is -1.97. The molecule has 0 fully saturated rings. The van der Waals surface area contributed by atoms with Crippen molar-refractivity contribution in [3.8, 4) is 27.7 Å². The van der Waals surface area contributed by atoms with Crippen molar-refractivity contribution in [3.63, 3.8) is 0 Å². The summed E-state index contributed by atoms with van der Waals surface area (Å²) in [5.74, 6) is 1.52. The lowest BCUT2D eigenvalue weighted by molar-refractivity contribution is 0.318. The molecule has 0 saturated heterocycles. The van der Waals surface area contributed by atoms with Crippen LogP contribution in [0, 0.1) is 5.82 Å². The van der Waals surface area contributed by atoms with Crippen LogP contribution in [0.15, 0.2) is 60.8 Å². The van der Waals surface area contributed by atoms with Gasteiger partial charge in [-0.25, -0.2) is 4.39 Å². The van der Waals surface area contributed by atoms with E-state index in [1.807, 2.05) is 44.2 Å². The van der Waals surface area contributed by atoms with Crippen molar-refractivity contribution in [1.29, 1.82) is 0 Å². The minimum Gasteiger partial charge on any atom is -0.494 e. The number of nitrogen functional groups attached to an aromatic ring is 1. The van der Waals surface area contributed by atoms with Gasteiger partial charge in [0.1, 0.15) is 11.5 Å². The Morgan fingerprint density at radius 3 is 2.68 bits per heavy atom. The summed E-state index contributed by atoms with van der Waals surface area (Å²) in [6, 6.07) is 15.9. The molecule has 0 aliphatic heterocycles. The van der Waals surface area contributed by atoms with E-state index in [1.54, 1.807) is 18.3 Å². The highest BCUT2D eigenvalue weighted by Gasteiger charge is 2.13. The van der Waals surface area contributed by atoms with Gasteiger partial charge in [-0.05, 0) is 42.3 Å². The molecule has 0 radical (unpaired) electrons. The van der Waals surface area contributed by atoms with Crippen LogP contribution in [0.25, 0.3) is 20.7 Å². The molecule has 0 unspecified atom stereocenters. The summed E-state index contributed by atoms with van der Waals surface area (Å²) < 4.78 is 26.5. The number of anilines is 1.